The molecule has 1 N–H and O–H groups in total. The summed E-state index contributed by atoms with van der Waals surface area (Å²) in [5.74, 6) is -0.223. The number of hydrogen-bond donors (Lipinski definition) is 1. The van der Waals surface area contributed by atoms with Gasteiger partial charge in [-0.25, -0.2) is 4.98 Å². The van der Waals surface area contributed by atoms with Crippen LogP contribution in [0.15, 0.2) is 5.38 Å². The Kier molecular flexibility index (Phi) is 6.41. The Morgan fingerprint density at radius 2 is 2.29 bits per heavy atom. The van der Waals surface area contributed by atoms with Gasteiger partial charge >= 0.3 is 5.97 Å². The molecule has 1 fully saturated rings. The zero-order valence-corrected chi connectivity index (χ0v) is 13.3. The molecule has 1 aliphatic heterocycles. The Morgan fingerprint density at radius 1 is 1.43 bits per heavy atom. The standard InChI is InChI=1S/C14H23N3O3S/c1-2-20-13(19)10-12-11-21-14(15-12)17-5-3-4-16(6-7-17)8-9-18/h11,18H,2-10H2,1H3. The van der Waals surface area contributed by atoms with E-state index in [4.69, 9.17) is 9.84 Å². The summed E-state index contributed by atoms with van der Waals surface area (Å²) >= 11 is 1.58. The lowest BCUT2D eigenvalue weighted by atomic mass is 10.3. The van der Waals surface area contributed by atoms with Crippen molar-refractivity contribution >= 4 is 22.4 Å². The van der Waals surface area contributed by atoms with Gasteiger partial charge in [0, 0.05) is 31.6 Å². The van der Waals surface area contributed by atoms with Crippen LogP contribution in [0.2, 0.25) is 0 Å². The minimum atomic E-state index is -0.223. The fourth-order valence-corrected chi connectivity index (χ4v) is 3.29. The number of aromatic nitrogens is 1. The predicted octanol–water partition coefficient (Wildman–Crippen LogP) is 0.753. The minimum Gasteiger partial charge on any atom is -0.466 e. The van der Waals surface area contributed by atoms with E-state index in [0.29, 0.717) is 6.61 Å². The van der Waals surface area contributed by atoms with E-state index >= 15 is 0 Å². The largest absolute Gasteiger partial charge is 0.466 e. The van der Waals surface area contributed by atoms with E-state index in [0.717, 1.165) is 50.0 Å². The summed E-state index contributed by atoms with van der Waals surface area (Å²) in [4.78, 5) is 20.5. The molecular weight excluding hydrogens is 290 g/mol. The second-order valence-electron chi connectivity index (χ2n) is 5.01. The third-order valence-corrected chi connectivity index (χ3v) is 4.40. The molecule has 0 saturated carbocycles. The van der Waals surface area contributed by atoms with Crippen molar-refractivity contribution in [2.45, 2.75) is 19.8 Å². The van der Waals surface area contributed by atoms with E-state index in [1.54, 1.807) is 18.3 Å². The van der Waals surface area contributed by atoms with E-state index in [9.17, 15) is 4.79 Å². The number of carbonyl (C=O) groups excluding carboxylic acids is 1. The summed E-state index contributed by atoms with van der Waals surface area (Å²) in [5, 5.41) is 11.9. The summed E-state index contributed by atoms with van der Waals surface area (Å²) in [6, 6.07) is 0. The molecule has 1 saturated heterocycles. The molecule has 0 aliphatic carbocycles. The van der Waals surface area contributed by atoms with Gasteiger partial charge < -0.3 is 14.7 Å². The molecule has 0 atom stereocenters. The number of rotatable bonds is 6. The highest BCUT2D eigenvalue weighted by molar-refractivity contribution is 7.13. The van der Waals surface area contributed by atoms with Gasteiger partial charge in [0.2, 0.25) is 0 Å². The van der Waals surface area contributed by atoms with E-state index in [2.05, 4.69) is 14.8 Å². The van der Waals surface area contributed by atoms with Gasteiger partial charge in [-0.3, -0.25) is 9.69 Å². The number of ether oxygens (including phenoxy) is 1. The van der Waals surface area contributed by atoms with Crippen LogP contribution in [0.1, 0.15) is 19.0 Å². The van der Waals surface area contributed by atoms with Gasteiger partial charge in [0.1, 0.15) is 0 Å². The fraction of sp³-hybridized carbons (Fsp3) is 0.714. The SMILES string of the molecule is CCOC(=O)Cc1csc(N2CCCN(CCO)CC2)n1. The molecule has 0 aromatic carbocycles. The Morgan fingerprint density at radius 3 is 3.05 bits per heavy atom. The Bertz CT molecular complexity index is 452. The molecule has 7 heteroatoms. The number of β-amino-alcohol motifs (C(OH)–C–C–N with tert-alkyl or cyclic N) is 1. The number of hydrogen-bond acceptors (Lipinski definition) is 7. The highest BCUT2D eigenvalue weighted by Crippen LogP contribution is 2.22. The van der Waals surface area contributed by atoms with Gasteiger partial charge in [0.25, 0.3) is 0 Å². The van der Waals surface area contributed by atoms with Crippen LogP contribution in [-0.4, -0.2) is 66.9 Å². The third-order valence-electron chi connectivity index (χ3n) is 3.45. The summed E-state index contributed by atoms with van der Waals surface area (Å²) in [7, 11) is 0. The topological polar surface area (TPSA) is 65.9 Å². The maximum Gasteiger partial charge on any atom is 0.311 e. The van der Waals surface area contributed by atoms with Gasteiger partial charge in [-0.2, -0.15) is 0 Å². The van der Waals surface area contributed by atoms with Crippen LogP contribution >= 0.6 is 11.3 Å². The van der Waals surface area contributed by atoms with Crippen LogP contribution in [0.4, 0.5) is 5.13 Å². The van der Waals surface area contributed by atoms with Crippen LogP contribution in [0.3, 0.4) is 0 Å². The lowest BCUT2D eigenvalue weighted by Gasteiger charge is -2.20. The fourth-order valence-electron chi connectivity index (χ4n) is 2.41. The van der Waals surface area contributed by atoms with Crippen molar-refractivity contribution in [1.82, 2.24) is 9.88 Å². The molecule has 0 spiro atoms. The first-order chi connectivity index (χ1) is 10.2. The number of aliphatic hydroxyl groups excluding tert-OH is 1. The van der Waals surface area contributed by atoms with Crippen LogP contribution in [-0.2, 0) is 16.0 Å². The third kappa shape index (κ3) is 4.94. The van der Waals surface area contributed by atoms with E-state index < -0.39 is 0 Å². The monoisotopic (exact) mass is 313 g/mol. The van der Waals surface area contributed by atoms with Gasteiger partial charge in [-0.05, 0) is 19.9 Å². The molecule has 1 aromatic rings. The van der Waals surface area contributed by atoms with Gasteiger partial charge in [0.15, 0.2) is 5.13 Å². The van der Waals surface area contributed by atoms with E-state index in [1.165, 1.54) is 0 Å². The van der Waals surface area contributed by atoms with Crippen molar-refractivity contribution in [2.24, 2.45) is 0 Å². The number of carbonyl (C=O) groups is 1. The molecular formula is C14H23N3O3S. The van der Waals surface area contributed by atoms with Crippen LogP contribution in [0.25, 0.3) is 0 Å². The number of nitrogens with zero attached hydrogens (tertiary/aromatic N) is 3. The minimum absolute atomic E-state index is 0.209. The number of anilines is 1. The maximum absolute atomic E-state index is 11.5. The average Bonchev–Trinajstić information content (AvgIpc) is 2.78. The van der Waals surface area contributed by atoms with Gasteiger partial charge in [-0.1, -0.05) is 0 Å². The molecule has 2 rings (SSSR count). The highest BCUT2D eigenvalue weighted by Gasteiger charge is 2.18. The Balaban J connectivity index is 1.90. The Labute approximate surface area is 129 Å². The molecule has 118 valence electrons. The highest BCUT2D eigenvalue weighted by atomic mass is 32.1. The summed E-state index contributed by atoms with van der Waals surface area (Å²) in [6.45, 7) is 6.98. The zero-order chi connectivity index (χ0) is 15.1. The van der Waals surface area contributed by atoms with Gasteiger partial charge in [-0.15, -0.1) is 11.3 Å². The van der Waals surface area contributed by atoms with E-state index in [1.807, 2.05) is 5.38 Å². The number of esters is 1. The van der Waals surface area contributed by atoms with E-state index in [-0.39, 0.29) is 19.0 Å². The molecule has 0 bridgehead atoms. The van der Waals surface area contributed by atoms with Gasteiger partial charge in [0.05, 0.1) is 25.3 Å². The molecule has 0 radical (unpaired) electrons. The summed E-state index contributed by atoms with van der Waals surface area (Å²) < 4.78 is 4.94. The predicted molar refractivity (Wildman–Crippen MR) is 82.8 cm³/mol. The van der Waals surface area contributed by atoms with Crippen LogP contribution in [0.5, 0.6) is 0 Å². The van der Waals surface area contributed by atoms with Crippen molar-refractivity contribution in [3.05, 3.63) is 11.1 Å². The lowest BCUT2D eigenvalue weighted by molar-refractivity contribution is -0.142. The average molecular weight is 313 g/mol. The molecule has 0 unspecified atom stereocenters. The second kappa shape index (κ2) is 8.31. The molecule has 1 aromatic heterocycles. The zero-order valence-electron chi connectivity index (χ0n) is 12.5. The number of thiazole rings is 1. The van der Waals surface area contributed by atoms with Crippen LogP contribution < -0.4 is 4.90 Å². The Hall–Kier alpha value is -1.18. The molecule has 1 aliphatic rings. The first-order valence-electron chi connectivity index (χ1n) is 7.41. The van der Waals surface area contributed by atoms with Crippen molar-refractivity contribution in [2.75, 3.05) is 50.8 Å². The smallest absolute Gasteiger partial charge is 0.311 e. The quantitative estimate of drug-likeness (QED) is 0.782. The molecule has 21 heavy (non-hydrogen) atoms. The van der Waals surface area contributed by atoms with Crippen molar-refractivity contribution in [1.29, 1.82) is 0 Å². The molecule has 2 heterocycles. The molecule has 6 nitrogen and oxygen atoms in total. The van der Waals surface area contributed by atoms with Crippen molar-refractivity contribution in [3.63, 3.8) is 0 Å². The number of aliphatic hydroxyl groups is 1. The molecule has 0 amide bonds. The second-order valence-corrected chi connectivity index (χ2v) is 5.85. The summed E-state index contributed by atoms with van der Waals surface area (Å²) in [5.41, 5.74) is 0.782. The lowest BCUT2D eigenvalue weighted by Crippen LogP contribution is -2.32. The maximum atomic E-state index is 11.5. The van der Waals surface area contributed by atoms with Crippen molar-refractivity contribution < 1.29 is 14.6 Å². The van der Waals surface area contributed by atoms with Crippen molar-refractivity contribution in [3.8, 4) is 0 Å². The van der Waals surface area contributed by atoms with Crippen LogP contribution in [0, 0.1) is 0 Å². The first kappa shape index (κ1) is 16.2. The summed E-state index contributed by atoms with van der Waals surface area (Å²) in [6.07, 6.45) is 1.31. The first-order valence-corrected chi connectivity index (χ1v) is 8.29. The normalized spacial score (nSPS) is 16.8.